The molecule has 6 rings (SSSR count). The number of thioether (sulfide) groups is 1. The third-order valence-electron chi connectivity index (χ3n) is 8.00. The number of rotatable bonds is 10. The van der Waals surface area contributed by atoms with E-state index in [2.05, 4.69) is 21.2 Å². The Kier molecular flexibility index (Phi) is 9.75. The molecule has 0 spiro atoms. The normalized spacial score (nSPS) is 16.6. The van der Waals surface area contributed by atoms with Crippen LogP contribution in [0.3, 0.4) is 0 Å². The summed E-state index contributed by atoms with van der Waals surface area (Å²) >= 11 is 4.79. The Bertz CT molecular complexity index is 1700. The van der Waals surface area contributed by atoms with Gasteiger partial charge >= 0.3 is 5.97 Å². The summed E-state index contributed by atoms with van der Waals surface area (Å²) in [6.45, 7) is 2.21. The van der Waals surface area contributed by atoms with Gasteiger partial charge in [0.05, 0.1) is 12.7 Å². The molecular formula is C34H34BrFN4O4S. The van der Waals surface area contributed by atoms with Crippen LogP contribution < -0.4 is 14.8 Å². The number of aromatic nitrogens is 3. The van der Waals surface area contributed by atoms with Crippen LogP contribution in [0.5, 0.6) is 11.5 Å². The molecule has 4 aromatic rings. The number of hydrogen-bond acceptors (Lipinski definition) is 8. The number of nitrogens with one attached hydrogen (secondary N) is 1. The molecule has 1 unspecified atom stereocenters. The predicted octanol–water partition coefficient (Wildman–Crippen LogP) is 8.22. The van der Waals surface area contributed by atoms with Gasteiger partial charge in [0.2, 0.25) is 11.1 Å². The summed E-state index contributed by atoms with van der Waals surface area (Å²) < 4.78 is 34.9. The number of hydrogen-bond donors (Lipinski definition) is 1. The molecule has 0 saturated heterocycles. The van der Waals surface area contributed by atoms with E-state index in [1.165, 1.54) is 17.8 Å². The van der Waals surface area contributed by atoms with Crippen molar-refractivity contribution in [3.8, 4) is 11.5 Å². The lowest BCUT2D eigenvalue weighted by Gasteiger charge is -2.30. The zero-order chi connectivity index (χ0) is 31.3. The van der Waals surface area contributed by atoms with Crippen molar-refractivity contribution >= 4 is 39.6 Å². The zero-order valence-electron chi connectivity index (χ0n) is 25.1. The third kappa shape index (κ3) is 7.20. The number of nitrogens with zero attached hydrogens (tertiary/aromatic N) is 3. The molecule has 1 aliphatic heterocycles. The first-order valence-electron chi connectivity index (χ1n) is 15.0. The molecule has 2 aliphatic rings. The van der Waals surface area contributed by atoms with Gasteiger partial charge in [0, 0.05) is 15.9 Å². The molecule has 234 valence electrons. The van der Waals surface area contributed by atoms with Crippen LogP contribution in [0, 0.1) is 5.82 Å². The summed E-state index contributed by atoms with van der Waals surface area (Å²) in [6, 6.07) is 19.6. The number of methoxy groups -OCH3 is 1. The van der Waals surface area contributed by atoms with Gasteiger partial charge in [-0.15, -0.1) is 5.10 Å². The Labute approximate surface area is 274 Å². The highest BCUT2D eigenvalue weighted by molar-refractivity contribution is 9.10. The highest BCUT2D eigenvalue weighted by Gasteiger charge is 2.37. The maximum atomic E-state index is 14.3. The molecule has 1 saturated carbocycles. The molecule has 1 atom stereocenters. The van der Waals surface area contributed by atoms with Crippen LogP contribution in [0.2, 0.25) is 0 Å². The highest BCUT2D eigenvalue weighted by atomic mass is 79.9. The SMILES string of the molecule is COc1cc(C2C(C(=O)OC3CCCCC3)=C(C)Nc3nc(SCc4ccccc4F)nn32)ccc1OCc1ccc(Br)cc1. The number of allylic oxidation sites excluding steroid dienone is 1. The van der Waals surface area contributed by atoms with E-state index in [1.54, 1.807) is 30.0 Å². The quantitative estimate of drug-likeness (QED) is 0.131. The van der Waals surface area contributed by atoms with Crippen LogP contribution in [0.1, 0.15) is 61.8 Å². The molecule has 2 heterocycles. The zero-order valence-corrected chi connectivity index (χ0v) is 27.5. The van der Waals surface area contributed by atoms with Crippen LogP contribution in [0.4, 0.5) is 10.3 Å². The lowest BCUT2D eigenvalue weighted by molar-refractivity contribution is -0.146. The highest BCUT2D eigenvalue weighted by Crippen LogP contribution is 2.41. The van der Waals surface area contributed by atoms with Gasteiger partial charge in [-0.3, -0.25) is 0 Å². The molecule has 0 radical (unpaired) electrons. The number of carbonyl (C=O) groups is 1. The Morgan fingerprint density at radius 2 is 1.84 bits per heavy atom. The summed E-state index contributed by atoms with van der Waals surface area (Å²) in [6.07, 6.45) is 4.87. The minimum Gasteiger partial charge on any atom is -0.493 e. The van der Waals surface area contributed by atoms with Crippen molar-refractivity contribution in [3.63, 3.8) is 0 Å². The predicted molar refractivity (Wildman–Crippen MR) is 175 cm³/mol. The first-order chi connectivity index (χ1) is 21.9. The molecule has 0 bridgehead atoms. The molecule has 8 nitrogen and oxygen atoms in total. The minimum atomic E-state index is -0.637. The fraction of sp³-hybridized carbons (Fsp3) is 0.324. The monoisotopic (exact) mass is 692 g/mol. The minimum absolute atomic E-state index is 0.111. The lowest BCUT2D eigenvalue weighted by Crippen LogP contribution is -2.32. The molecule has 45 heavy (non-hydrogen) atoms. The van der Waals surface area contributed by atoms with Crippen LogP contribution in [-0.2, 0) is 21.9 Å². The number of anilines is 1. The van der Waals surface area contributed by atoms with Gasteiger partial charge in [-0.1, -0.05) is 70.5 Å². The first-order valence-corrected chi connectivity index (χ1v) is 16.7. The van der Waals surface area contributed by atoms with E-state index in [4.69, 9.17) is 24.3 Å². The van der Waals surface area contributed by atoms with Crippen molar-refractivity contribution < 1.29 is 23.4 Å². The summed E-state index contributed by atoms with van der Waals surface area (Å²) in [4.78, 5) is 18.5. The second-order valence-corrected chi connectivity index (χ2v) is 13.0. The molecule has 1 N–H and O–H groups in total. The number of fused-ring (bicyclic) bond motifs is 1. The summed E-state index contributed by atoms with van der Waals surface area (Å²) in [5.74, 6) is 1.29. The van der Waals surface area contributed by atoms with Crippen LogP contribution in [0.25, 0.3) is 0 Å². The molecule has 1 aliphatic carbocycles. The van der Waals surface area contributed by atoms with E-state index in [1.807, 2.05) is 49.4 Å². The van der Waals surface area contributed by atoms with Crippen LogP contribution >= 0.6 is 27.7 Å². The topological polar surface area (TPSA) is 87.5 Å². The van der Waals surface area contributed by atoms with Gasteiger partial charge in [0.25, 0.3) is 0 Å². The fourth-order valence-corrected chi connectivity index (χ4v) is 6.72. The first kappa shape index (κ1) is 31.2. The second kappa shape index (κ2) is 14.1. The maximum absolute atomic E-state index is 14.3. The summed E-state index contributed by atoms with van der Waals surface area (Å²) in [7, 11) is 1.59. The fourth-order valence-electron chi connectivity index (χ4n) is 5.64. The maximum Gasteiger partial charge on any atom is 0.338 e. The van der Waals surface area contributed by atoms with Crippen molar-refractivity contribution in [2.75, 3.05) is 12.4 Å². The van der Waals surface area contributed by atoms with E-state index in [-0.39, 0.29) is 17.9 Å². The van der Waals surface area contributed by atoms with E-state index in [0.717, 1.165) is 47.7 Å². The second-order valence-electron chi connectivity index (χ2n) is 11.1. The lowest BCUT2D eigenvalue weighted by atomic mass is 9.94. The van der Waals surface area contributed by atoms with Crippen molar-refractivity contribution in [2.24, 2.45) is 0 Å². The molecule has 11 heteroatoms. The molecular weight excluding hydrogens is 659 g/mol. The average Bonchev–Trinajstić information content (AvgIpc) is 3.46. The van der Waals surface area contributed by atoms with Gasteiger partial charge in [0.15, 0.2) is 11.5 Å². The summed E-state index contributed by atoms with van der Waals surface area (Å²) in [5, 5.41) is 8.52. The van der Waals surface area contributed by atoms with Crippen LogP contribution in [0.15, 0.2) is 87.6 Å². The number of carbonyl (C=O) groups excluding carboxylic acids is 1. The number of ether oxygens (including phenoxy) is 3. The smallest absolute Gasteiger partial charge is 0.338 e. The van der Waals surface area contributed by atoms with E-state index in [0.29, 0.717) is 51.8 Å². The van der Waals surface area contributed by atoms with Crippen molar-refractivity contribution in [3.05, 3.63) is 105 Å². The van der Waals surface area contributed by atoms with Crippen LogP contribution in [-0.4, -0.2) is 33.9 Å². The average molecular weight is 694 g/mol. The molecule has 1 fully saturated rings. The Hall–Kier alpha value is -3.83. The van der Waals surface area contributed by atoms with E-state index >= 15 is 0 Å². The van der Waals surface area contributed by atoms with Gasteiger partial charge < -0.3 is 19.5 Å². The standard InChI is InChI=1S/C34H34BrFN4O4S/c1-21-30(32(41)44-26-9-4-3-5-10-26)31(40-33(37-21)38-34(39-40)45-20-24-8-6-7-11-27(24)36)23-14-17-28(29(18-23)42-2)43-19-22-12-15-25(35)16-13-22/h6-8,11-18,26,31H,3-5,9-10,19-20H2,1-2H3,(H,37,38,39). The number of halogens is 2. The molecule has 3 aromatic carbocycles. The Balaban J connectivity index is 1.32. The Morgan fingerprint density at radius 1 is 1.07 bits per heavy atom. The molecule has 0 amide bonds. The molecule has 1 aromatic heterocycles. The van der Waals surface area contributed by atoms with Crippen molar-refractivity contribution in [1.82, 2.24) is 14.8 Å². The van der Waals surface area contributed by atoms with Gasteiger partial charge in [0.1, 0.15) is 24.6 Å². The Morgan fingerprint density at radius 3 is 2.60 bits per heavy atom. The third-order valence-corrected chi connectivity index (χ3v) is 9.42. The summed E-state index contributed by atoms with van der Waals surface area (Å²) in [5.41, 5.74) is 3.43. The van der Waals surface area contributed by atoms with Gasteiger partial charge in [-0.25, -0.2) is 13.9 Å². The number of benzene rings is 3. The van der Waals surface area contributed by atoms with E-state index in [9.17, 15) is 9.18 Å². The number of esters is 1. The van der Waals surface area contributed by atoms with E-state index < -0.39 is 6.04 Å². The largest absolute Gasteiger partial charge is 0.493 e. The van der Waals surface area contributed by atoms with Gasteiger partial charge in [-0.2, -0.15) is 4.98 Å². The van der Waals surface area contributed by atoms with Gasteiger partial charge in [-0.05, 0) is 79.6 Å². The van der Waals surface area contributed by atoms with Crippen molar-refractivity contribution in [1.29, 1.82) is 0 Å². The van der Waals surface area contributed by atoms with Crippen molar-refractivity contribution in [2.45, 2.75) is 68.7 Å².